The van der Waals surface area contributed by atoms with Crippen LogP contribution in [-0.2, 0) is 11.3 Å². The van der Waals surface area contributed by atoms with E-state index in [0.717, 1.165) is 11.3 Å². The Morgan fingerprint density at radius 2 is 2.08 bits per heavy atom. The van der Waals surface area contributed by atoms with E-state index in [1.54, 1.807) is 31.4 Å². The van der Waals surface area contributed by atoms with E-state index in [1.165, 1.54) is 6.20 Å². The highest BCUT2D eigenvalue weighted by molar-refractivity contribution is 6.31. The quantitative estimate of drug-likeness (QED) is 0.623. The van der Waals surface area contributed by atoms with Gasteiger partial charge in [0, 0.05) is 23.5 Å². The zero-order valence-electron chi connectivity index (χ0n) is 13.0. The molecule has 0 spiro atoms. The summed E-state index contributed by atoms with van der Waals surface area (Å²) in [6, 6.07) is 16.1. The van der Waals surface area contributed by atoms with Gasteiger partial charge in [0.15, 0.2) is 0 Å². The van der Waals surface area contributed by atoms with E-state index >= 15 is 0 Å². The molecule has 0 unspecified atom stereocenters. The number of nitrogens with one attached hydrogen (secondary N) is 2. The molecule has 1 amide bonds. The molecule has 0 radical (unpaired) electrons. The minimum absolute atomic E-state index is 0.0297. The van der Waals surface area contributed by atoms with Crippen LogP contribution >= 0.6 is 11.6 Å². The van der Waals surface area contributed by atoms with Gasteiger partial charge < -0.3 is 15.4 Å². The monoisotopic (exact) mass is 341 g/mol. The molecule has 0 saturated carbocycles. The topological polar surface area (TPSA) is 74.1 Å². The molecule has 0 aliphatic carbocycles. The van der Waals surface area contributed by atoms with Crippen molar-refractivity contribution in [1.29, 1.82) is 5.26 Å². The normalized spacial score (nSPS) is 10.6. The van der Waals surface area contributed by atoms with Crippen LogP contribution in [-0.4, -0.2) is 13.0 Å². The molecule has 2 aromatic rings. The lowest BCUT2D eigenvalue weighted by Gasteiger charge is -2.06. The van der Waals surface area contributed by atoms with Crippen LogP contribution < -0.4 is 15.4 Å². The first-order chi connectivity index (χ1) is 11.6. The molecule has 0 fully saturated rings. The van der Waals surface area contributed by atoms with Gasteiger partial charge in [-0.05, 0) is 35.9 Å². The summed E-state index contributed by atoms with van der Waals surface area (Å²) in [5.74, 6) is 0.246. The molecule has 0 aliphatic heterocycles. The second-order valence-electron chi connectivity index (χ2n) is 4.87. The predicted molar refractivity (Wildman–Crippen MR) is 93.6 cm³/mol. The van der Waals surface area contributed by atoms with E-state index in [4.69, 9.17) is 21.6 Å². The molecule has 0 bridgehead atoms. The summed E-state index contributed by atoms with van der Waals surface area (Å²) >= 11 is 5.86. The molecule has 5 nitrogen and oxygen atoms in total. The number of carbonyl (C=O) groups is 1. The van der Waals surface area contributed by atoms with Crippen molar-refractivity contribution in [2.45, 2.75) is 6.54 Å². The van der Waals surface area contributed by atoms with E-state index < -0.39 is 5.91 Å². The van der Waals surface area contributed by atoms with Gasteiger partial charge in [-0.2, -0.15) is 5.26 Å². The molecular formula is C18H16ClN3O2. The predicted octanol–water partition coefficient (Wildman–Crippen LogP) is 3.48. The third-order valence-electron chi connectivity index (χ3n) is 3.13. The van der Waals surface area contributed by atoms with Crippen molar-refractivity contribution in [2.75, 3.05) is 12.4 Å². The highest BCUT2D eigenvalue weighted by Crippen LogP contribution is 2.15. The minimum Gasteiger partial charge on any atom is -0.497 e. The first-order valence-electron chi connectivity index (χ1n) is 7.16. The molecule has 24 heavy (non-hydrogen) atoms. The van der Waals surface area contributed by atoms with Crippen LogP contribution in [0.15, 0.2) is 60.3 Å². The Kier molecular flexibility index (Phi) is 6.23. The fraction of sp³-hybridized carbons (Fsp3) is 0.111. The van der Waals surface area contributed by atoms with Crippen molar-refractivity contribution in [3.63, 3.8) is 0 Å². The van der Waals surface area contributed by atoms with E-state index in [0.29, 0.717) is 17.3 Å². The molecule has 6 heteroatoms. The number of amides is 1. The standard InChI is InChI=1S/C18H16ClN3O2/c1-24-17-7-2-4-13(8-17)11-21-12-14(10-20)18(23)22-16-6-3-5-15(19)9-16/h2-9,12,21H,11H2,1H3,(H,22,23)/b14-12-. The van der Waals surface area contributed by atoms with Crippen LogP contribution in [0.3, 0.4) is 0 Å². The van der Waals surface area contributed by atoms with Crippen molar-refractivity contribution in [3.8, 4) is 11.8 Å². The van der Waals surface area contributed by atoms with Crippen LogP contribution in [0.25, 0.3) is 0 Å². The van der Waals surface area contributed by atoms with Gasteiger partial charge in [0.2, 0.25) is 0 Å². The molecule has 2 aromatic carbocycles. The van der Waals surface area contributed by atoms with Crippen molar-refractivity contribution >= 4 is 23.2 Å². The maximum atomic E-state index is 12.1. The Labute approximate surface area is 145 Å². The number of anilines is 1. The van der Waals surface area contributed by atoms with Crippen molar-refractivity contribution in [1.82, 2.24) is 5.32 Å². The number of hydrogen-bond acceptors (Lipinski definition) is 4. The molecule has 2 rings (SSSR count). The summed E-state index contributed by atoms with van der Waals surface area (Å²) < 4.78 is 5.15. The van der Waals surface area contributed by atoms with Crippen molar-refractivity contribution in [3.05, 3.63) is 70.9 Å². The van der Waals surface area contributed by atoms with Crippen molar-refractivity contribution in [2.24, 2.45) is 0 Å². The smallest absolute Gasteiger partial charge is 0.267 e. The Morgan fingerprint density at radius 1 is 1.29 bits per heavy atom. The van der Waals surface area contributed by atoms with Gasteiger partial charge in [-0.3, -0.25) is 4.79 Å². The molecule has 0 heterocycles. The molecule has 122 valence electrons. The number of carbonyl (C=O) groups excluding carboxylic acids is 1. The van der Waals surface area contributed by atoms with Gasteiger partial charge in [-0.25, -0.2) is 0 Å². The maximum absolute atomic E-state index is 12.1. The number of benzene rings is 2. The van der Waals surface area contributed by atoms with E-state index in [1.807, 2.05) is 30.3 Å². The van der Waals surface area contributed by atoms with Gasteiger partial charge in [0.25, 0.3) is 5.91 Å². The summed E-state index contributed by atoms with van der Waals surface area (Å²) in [7, 11) is 1.60. The number of ether oxygens (including phenoxy) is 1. The average Bonchev–Trinajstić information content (AvgIpc) is 2.59. The summed E-state index contributed by atoms with van der Waals surface area (Å²) in [5.41, 5.74) is 1.47. The SMILES string of the molecule is COc1cccc(CN/C=C(/C#N)C(=O)Nc2cccc(Cl)c2)c1. The summed E-state index contributed by atoms with van der Waals surface area (Å²) in [6.45, 7) is 0.465. The Hall–Kier alpha value is -2.97. The number of nitriles is 1. The lowest BCUT2D eigenvalue weighted by molar-refractivity contribution is -0.112. The molecule has 0 saturated heterocycles. The zero-order chi connectivity index (χ0) is 17.4. The lowest BCUT2D eigenvalue weighted by atomic mass is 10.2. The first-order valence-corrected chi connectivity index (χ1v) is 7.53. The van der Waals surface area contributed by atoms with Gasteiger partial charge in [0.1, 0.15) is 17.4 Å². The number of methoxy groups -OCH3 is 1. The molecule has 2 N–H and O–H groups in total. The fourth-order valence-electron chi connectivity index (χ4n) is 1.97. The van der Waals surface area contributed by atoms with Gasteiger partial charge in [0.05, 0.1) is 7.11 Å². The zero-order valence-corrected chi connectivity index (χ0v) is 13.8. The van der Waals surface area contributed by atoms with Crippen LogP contribution in [0.4, 0.5) is 5.69 Å². The Bertz CT molecular complexity index is 797. The van der Waals surface area contributed by atoms with Gasteiger partial charge in [-0.15, -0.1) is 0 Å². The molecule has 0 aromatic heterocycles. The average molecular weight is 342 g/mol. The van der Waals surface area contributed by atoms with Crippen LogP contribution in [0.1, 0.15) is 5.56 Å². The summed E-state index contributed by atoms with van der Waals surface area (Å²) in [4.78, 5) is 12.1. The third kappa shape index (κ3) is 5.04. The molecular weight excluding hydrogens is 326 g/mol. The Morgan fingerprint density at radius 3 is 2.79 bits per heavy atom. The Balaban J connectivity index is 1.98. The first kappa shape index (κ1) is 17.4. The number of rotatable bonds is 6. The van der Waals surface area contributed by atoms with Crippen LogP contribution in [0.5, 0.6) is 5.75 Å². The van der Waals surface area contributed by atoms with E-state index in [2.05, 4.69) is 10.6 Å². The second-order valence-corrected chi connectivity index (χ2v) is 5.30. The highest BCUT2D eigenvalue weighted by atomic mass is 35.5. The third-order valence-corrected chi connectivity index (χ3v) is 3.37. The fourth-order valence-corrected chi connectivity index (χ4v) is 2.16. The minimum atomic E-state index is -0.502. The van der Waals surface area contributed by atoms with Crippen LogP contribution in [0.2, 0.25) is 5.02 Å². The van der Waals surface area contributed by atoms with Crippen LogP contribution in [0, 0.1) is 11.3 Å². The summed E-state index contributed by atoms with van der Waals surface area (Å²) in [5, 5.41) is 15.2. The maximum Gasteiger partial charge on any atom is 0.267 e. The lowest BCUT2D eigenvalue weighted by Crippen LogP contribution is -2.16. The summed E-state index contributed by atoms with van der Waals surface area (Å²) in [6.07, 6.45) is 1.39. The number of halogens is 1. The second kappa shape index (κ2) is 8.61. The largest absolute Gasteiger partial charge is 0.497 e. The van der Waals surface area contributed by atoms with Crippen molar-refractivity contribution < 1.29 is 9.53 Å². The molecule has 0 atom stereocenters. The number of nitrogens with zero attached hydrogens (tertiary/aromatic N) is 1. The number of hydrogen-bond donors (Lipinski definition) is 2. The highest BCUT2D eigenvalue weighted by Gasteiger charge is 2.09. The van der Waals surface area contributed by atoms with E-state index in [9.17, 15) is 4.79 Å². The van der Waals surface area contributed by atoms with E-state index in [-0.39, 0.29) is 5.57 Å². The van der Waals surface area contributed by atoms with Gasteiger partial charge in [-0.1, -0.05) is 29.8 Å². The van der Waals surface area contributed by atoms with Gasteiger partial charge >= 0.3 is 0 Å². The molecule has 0 aliphatic rings.